The summed E-state index contributed by atoms with van der Waals surface area (Å²) in [7, 11) is 1.70. The summed E-state index contributed by atoms with van der Waals surface area (Å²) in [5, 5.41) is 3.78. The van der Waals surface area contributed by atoms with E-state index in [4.69, 9.17) is 9.72 Å². The lowest BCUT2D eigenvalue weighted by Crippen LogP contribution is -2.23. The van der Waals surface area contributed by atoms with Crippen molar-refractivity contribution in [3.8, 4) is 17.0 Å². The van der Waals surface area contributed by atoms with Gasteiger partial charge in [-0.3, -0.25) is 4.40 Å². The summed E-state index contributed by atoms with van der Waals surface area (Å²) < 4.78 is 9.69. The maximum absolute atomic E-state index is 5.60. The van der Waals surface area contributed by atoms with E-state index in [2.05, 4.69) is 53.8 Å². The zero-order valence-corrected chi connectivity index (χ0v) is 17.8. The highest BCUT2D eigenvalue weighted by Gasteiger charge is 2.22. The van der Waals surface area contributed by atoms with Crippen LogP contribution in [0.2, 0.25) is 0 Å². The molecule has 0 atom stereocenters. The van der Waals surface area contributed by atoms with Gasteiger partial charge in [0.25, 0.3) is 0 Å². The number of aromatic nitrogens is 2. The molecule has 1 N–H and O–H groups in total. The van der Waals surface area contributed by atoms with Crippen LogP contribution in [0.15, 0.2) is 45.5 Å². The predicted octanol–water partition coefficient (Wildman–Crippen LogP) is 6.28. The normalized spacial score (nSPS) is 15.3. The van der Waals surface area contributed by atoms with Gasteiger partial charge in [-0.1, -0.05) is 31.4 Å². The van der Waals surface area contributed by atoms with E-state index in [9.17, 15) is 0 Å². The Labute approximate surface area is 170 Å². The quantitative estimate of drug-likeness (QED) is 0.479. The molecule has 4 rings (SSSR count). The molecule has 0 radical (unpaired) electrons. The van der Waals surface area contributed by atoms with Gasteiger partial charge in [-0.2, -0.15) is 0 Å². The van der Waals surface area contributed by atoms with Crippen LogP contribution in [0, 0.1) is 0 Å². The lowest BCUT2D eigenvalue weighted by Gasteiger charge is -2.24. The Morgan fingerprint density at radius 1 is 1.15 bits per heavy atom. The van der Waals surface area contributed by atoms with Gasteiger partial charge >= 0.3 is 0 Å². The standard InChI is InChI=1S/C20H21Br2N3O/c1-26-17-10-6-5-9-15(17)18-20(23-14-7-3-2-4-8-14)25-12-13(21)11-16(22)19(25)24-18/h5-6,9-12,14,23H,2-4,7-8H2,1H3. The molecular weight excluding hydrogens is 458 g/mol. The maximum atomic E-state index is 5.60. The Hall–Kier alpha value is -1.53. The number of anilines is 1. The summed E-state index contributed by atoms with van der Waals surface area (Å²) in [6, 6.07) is 10.6. The lowest BCUT2D eigenvalue weighted by molar-refractivity contribution is 0.416. The van der Waals surface area contributed by atoms with Gasteiger partial charge in [0, 0.05) is 22.3 Å². The number of hydrogen-bond donors (Lipinski definition) is 1. The monoisotopic (exact) mass is 477 g/mol. The third kappa shape index (κ3) is 3.37. The highest BCUT2D eigenvalue weighted by atomic mass is 79.9. The van der Waals surface area contributed by atoms with E-state index in [-0.39, 0.29) is 0 Å². The number of methoxy groups -OCH3 is 1. The van der Waals surface area contributed by atoms with Crippen molar-refractivity contribution in [1.82, 2.24) is 9.38 Å². The third-order valence-corrected chi connectivity index (χ3v) is 5.97. The molecule has 136 valence electrons. The second-order valence-electron chi connectivity index (χ2n) is 6.69. The summed E-state index contributed by atoms with van der Waals surface area (Å²) in [6.45, 7) is 0. The van der Waals surface area contributed by atoms with Crippen LogP contribution >= 0.6 is 31.9 Å². The molecule has 0 aliphatic heterocycles. The third-order valence-electron chi connectivity index (χ3n) is 4.95. The molecule has 1 fully saturated rings. The maximum Gasteiger partial charge on any atom is 0.153 e. The van der Waals surface area contributed by atoms with E-state index >= 15 is 0 Å². The predicted molar refractivity (Wildman–Crippen MR) is 113 cm³/mol. The van der Waals surface area contributed by atoms with Gasteiger partial charge in [-0.15, -0.1) is 0 Å². The average Bonchev–Trinajstić information content (AvgIpc) is 3.01. The Morgan fingerprint density at radius 2 is 1.92 bits per heavy atom. The molecule has 0 spiro atoms. The SMILES string of the molecule is COc1ccccc1-c1nc2c(Br)cc(Br)cn2c1NC1CCCCC1. The van der Waals surface area contributed by atoms with Crippen LogP contribution in [-0.2, 0) is 0 Å². The first-order chi connectivity index (χ1) is 12.7. The van der Waals surface area contributed by atoms with Gasteiger partial charge < -0.3 is 10.1 Å². The molecule has 26 heavy (non-hydrogen) atoms. The zero-order valence-electron chi connectivity index (χ0n) is 14.6. The molecule has 0 saturated heterocycles. The van der Waals surface area contributed by atoms with Crippen LogP contribution in [0.3, 0.4) is 0 Å². The number of nitrogens with zero attached hydrogens (tertiary/aromatic N) is 2. The Bertz CT molecular complexity index is 932. The smallest absolute Gasteiger partial charge is 0.153 e. The highest BCUT2D eigenvalue weighted by molar-refractivity contribution is 9.11. The fourth-order valence-electron chi connectivity index (χ4n) is 3.68. The summed E-state index contributed by atoms with van der Waals surface area (Å²) in [6.07, 6.45) is 8.37. The molecule has 4 nitrogen and oxygen atoms in total. The van der Waals surface area contributed by atoms with Crippen molar-refractivity contribution in [3.05, 3.63) is 45.5 Å². The highest BCUT2D eigenvalue weighted by Crippen LogP contribution is 2.38. The number of benzene rings is 1. The average molecular weight is 479 g/mol. The molecular formula is C20H21Br2N3O. The largest absolute Gasteiger partial charge is 0.496 e. The van der Waals surface area contributed by atoms with Gasteiger partial charge in [-0.25, -0.2) is 4.98 Å². The summed E-state index contributed by atoms with van der Waals surface area (Å²) in [5.74, 6) is 1.86. The van der Waals surface area contributed by atoms with Gasteiger partial charge in [0.15, 0.2) is 5.65 Å². The van der Waals surface area contributed by atoms with Crippen molar-refractivity contribution in [2.75, 3.05) is 12.4 Å². The molecule has 1 saturated carbocycles. The van der Waals surface area contributed by atoms with Crippen LogP contribution in [0.25, 0.3) is 16.9 Å². The minimum Gasteiger partial charge on any atom is -0.496 e. The van der Waals surface area contributed by atoms with Gasteiger partial charge in [0.2, 0.25) is 0 Å². The van der Waals surface area contributed by atoms with Crippen LogP contribution < -0.4 is 10.1 Å². The van der Waals surface area contributed by atoms with Crippen molar-refractivity contribution in [2.45, 2.75) is 38.1 Å². The molecule has 2 heterocycles. The molecule has 0 bridgehead atoms. The molecule has 3 aromatic rings. The zero-order chi connectivity index (χ0) is 18.1. The van der Waals surface area contributed by atoms with E-state index in [1.54, 1.807) is 7.11 Å². The first kappa shape index (κ1) is 17.9. The number of ether oxygens (including phenoxy) is 1. The van der Waals surface area contributed by atoms with E-state index in [1.807, 2.05) is 24.3 Å². The van der Waals surface area contributed by atoms with Gasteiger partial charge in [0.05, 0.1) is 11.6 Å². The van der Waals surface area contributed by atoms with Crippen molar-refractivity contribution < 1.29 is 4.74 Å². The molecule has 1 aliphatic carbocycles. The Balaban J connectivity index is 1.90. The fourth-order valence-corrected chi connectivity index (χ4v) is 4.95. The summed E-state index contributed by atoms with van der Waals surface area (Å²) in [5.41, 5.74) is 2.82. The number of halogens is 2. The van der Waals surface area contributed by atoms with Crippen LogP contribution in [0.1, 0.15) is 32.1 Å². The van der Waals surface area contributed by atoms with Crippen molar-refractivity contribution in [1.29, 1.82) is 0 Å². The number of hydrogen-bond acceptors (Lipinski definition) is 3. The van der Waals surface area contributed by atoms with E-state index in [0.29, 0.717) is 6.04 Å². The Kier molecular flexibility index (Phi) is 5.23. The number of pyridine rings is 1. The van der Waals surface area contributed by atoms with Crippen molar-refractivity contribution in [2.24, 2.45) is 0 Å². The molecule has 6 heteroatoms. The van der Waals surface area contributed by atoms with E-state index < -0.39 is 0 Å². The first-order valence-electron chi connectivity index (χ1n) is 8.94. The first-order valence-corrected chi connectivity index (χ1v) is 10.5. The summed E-state index contributed by atoms with van der Waals surface area (Å²) >= 11 is 7.26. The topological polar surface area (TPSA) is 38.6 Å². The minimum atomic E-state index is 0.481. The second kappa shape index (κ2) is 7.61. The minimum absolute atomic E-state index is 0.481. The molecule has 1 aromatic carbocycles. The summed E-state index contributed by atoms with van der Waals surface area (Å²) in [4.78, 5) is 4.95. The van der Waals surface area contributed by atoms with Crippen LogP contribution in [-0.4, -0.2) is 22.5 Å². The van der Waals surface area contributed by atoms with E-state index in [0.717, 1.165) is 37.4 Å². The van der Waals surface area contributed by atoms with Crippen LogP contribution in [0.4, 0.5) is 5.82 Å². The van der Waals surface area contributed by atoms with Crippen molar-refractivity contribution >= 4 is 43.3 Å². The second-order valence-corrected chi connectivity index (χ2v) is 8.46. The lowest BCUT2D eigenvalue weighted by atomic mass is 9.95. The van der Waals surface area contributed by atoms with Gasteiger partial charge in [-0.05, 0) is 62.9 Å². The number of imidazole rings is 1. The number of rotatable bonds is 4. The number of para-hydroxylation sites is 1. The molecule has 2 aromatic heterocycles. The molecule has 0 unspecified atom stereocenters. The fraction of sp³-hybridized carbons (Fsp3) is 0.350. The van der Waals surface area contributed by atoms with Gasteiger partial charge in [0.1, 0.15) is 17.3 Å². The Morgan fingerprint density at radius 3 is 2.69 bits per heavy atom. The van der Waals surface area contributed by atoms with Crippen molar-refractivity contribution in [3.63, 3.8) is 0 Å². The van der Waals surface area contributed by atoms with Crippen LogP contribution in [0.5, 0.6) is 5.75 Å². The number of nitrogens with one attached hydrogen (secondary N) is 1. The molecule has 0 amide bonds. The molecule has 1 aliphatic rings. The van der Waals surface area contributed by atoms with E-state index in [1.165, 1.54) is 32.1 Å². The number of fused-ring (bicyclic) bond motifs is 1.